The largest absolute Gasteiger partial charge is 0.439 e. The molecule has 0 radical (unpaired) electrons. The van der Waals surface area contributed by atoms with Crippen LogP contribution in [-0.4, -0.2) is 58.1 Å². The number of oxazole rings is 1. The van der Waals surface area contributed by atoms with E-state index in [1.807, 2.05) is 24.3 Å². The Hall–Kier alpha value is -1.89. The predicted molar refractivity (Wildman–Crippen MR) is 90.5 cm³/mol. The fourth-order valence-corrected chi connectivity index (χ4v) is 2.93. The number of nitrogens with zero attached hydrogens (tertiary/aromatic N) is 3. The molecule has 0 aliphatic carbocycles. The maximum absolute atomic E-state index is 11.8. The van der Waals surface area contributed by atoms with E-state index < -0.39 is 6.10 Å². The summed E-state index contributed by atoms with van der Waals surface area (Å²) >= 11 is 6.00. The first-order valence-corrected chi connectivity index (χ1v) is 8.30. The summed E-state index contributed by atoms with van der Waals surface area (Å²) in [5.74, 6) is 1.12. The van der Waals surface area contributed by atoms with Crippen molar-refractivity contribution in [3.8, 4) is 11.3 Å². The molecule has 3 rings (SSSR count). The van der Waals surface area contributed by atoms with Crippen molar-refractivity contribution in [1.82, 2.24) is 14.8 Å². The van der Waals surface area contributed by atoms with Gasteiger partial charge in [0.25, 0.3) is 5.91 Å². The Balaban J connectivity index is 1.57. The predicted octanol–water partition coefficient (Wildman–Crippen LogP) is 2.02. The van der Waals surface area contributed by atoms with Gasteiger partial charge in [0, 0.05) is 36.8 Å². The molecule has 1 fully saturated rings. The average molecular weight is 350 g/mol. The van der Waals surface area contributed by atoms with Gasteiger partial charge in [-0.3, -0.25) is 9.69 Å². The van der Waals surface area contributed by atoms with E-state index in [0.29, 0.717) is 36.3 Å². The highest BCUT2D eigenvalue weighted by atomic mass is 35.5. The number of hydrogen-bond donors (Lipinski definition) is 1. The molecule has 128 valence electrons. The van der Waals surface area contributed by atoms with Crippen molar-refractivity contribution in [2.45, 2.75) is 19.6 Å². The Morgan fingerprint density at radius 2 is 2.12 bits per heavy atom. The van der Waals surface area contributed by atoms with Crippen LogP contribution in [0, 0.1) is 0 Å². The molecule has 0 bridgehead atoms. The molecule has 1 aliphatic heterocycles. The van der Waals surface area contributed by atoms with Gasteiger partial charge in [0.2, 0.25) is 5.89 Å². The SMILES string of the molecule is CC(O)C(=O)N1CCN(Cc2ncc(-c3cccc(Cl)c3)o2)CC1. The number of aromatic nitrogens is 1. The van der Waals surface area contributed by atoms with Crippen LogP contribution >= 0.6 is 11.6 Å². The number of carbonyl (C=O) groups excluding carboxylic acids is 1. The Morgan fingerprint density at radius 3 is 2.79 bits per heavy atom. The molecule has 1 amide bonds. The topological polar surface area (TPSA) is 69.8 Å². The number of rotatable bonds is 4. The Morgan fingerprint density at radius 1 is 1.38 bits per heavy atom. The molecule has 1 aromatic heterocycles. The van der Waals surface area contributed by atoms with Crippen LogP contribution in [-0.2, 0) is 11.3 Å². The zero-order chi connectivity index (χ0) is 17.1. The molecule has 2 heterocycles. The molecule has 1 saturated heterocycles. The van der Waals surface area contributed by atoms with Crippen molar-refractivity contribution in [1.29, 1.82) is 0 Å². The second-order valence-corrected chi connectivity index (χ2v) is 6.34. The van der Waals surface area contributed by atoms with Crippen LogP contribution < -0.4 is 0 Å². The molecule has 2 aromatic rings. The molecule has 0 spiro atoms. The number of hydrogen-bond acceptors (Lipinski definition) is 5. The quantitative estimate of drug-likeness (QED) is 0.914. The van der Waals surface area contributed by atoms with Crippen LogP contribution in [0.1, 0.15) is 12.8 Å². The number of piperazine rings is 1. The number of aliphatic hydroxyl groups is 1. The van der Waals surface area contributed by atoms with Crippen molar-refractivity contribution >= 4 is 17.5 Å². The summed E-state index contributed by atoms with van der Waals surface area (Å²) in [6.07, 6.45) is 0.761. The normalized spacial score (nSPS) is 17.0. The zero-order valence-corrected chi connectivity index (χ0v) is 14.2. The summed E-state index contributed by atoms with van der Waals surface area (Å²) in [5.41, 5.74) is 0.897. The van der Waals surface area contributed by atoms with Gasteiger partial charge in [0.1, 0.15) is 6.10 Å². The first-order chi connectivity index (χ1) is 11.5. The first kappa shape index (κ1) is 17.0. The van der Waals surface area contributed by atoms with Crippen LogP contribution in [0.5, 0.6) is 0 Å². The molecule has 24 heavy (non-hydrogen) atoms. The fraction of sp³-hybridized carbons (Fsp3) is 0.412. The van der Waals surface area contributed by atoms with Gasteiger partial charge < -0.3 is 14.4 Å². The van der Waals surface area contributed by atoms with Gasteiger partial charge in [-0.1, -0.05) is 23.7 Å². The van der Waals surface area contributed by atoms with Gasteiger partial charge in [0.05, 0.1) is 12.7 Å². The molecule has 0 saturated carbocycles. The van der Waals surface area contributed by atoms with Crippen LogP contribution in [0.25, 0.3) is 11.3 Å². The molecular weight excluding hydrogens is 330 g/mol. The van der Waals surface area contributed by atoms with E-state index in [-0.39, 0.29) is 5.91 Å². The lowest BCUT2D eigenvalue weighted by Gasteiger charge is -2.34. The van der Waals surface area contributed by atoms with Crippen molar-refractivity contribution in [3.05, 3.63) is 41.4 Å². The van der Waals surface area contributed by atoms with Crippen molar-refractivity contribution in [2.24, 2.45) is 0 Å². The van der Waals surface area contributed by atoms with Crippen LogP contribution in [0.15, 0.2) is 34.9 Å². The van der Waals surface area contributed by atoms with Gasteiger partial charge >= 0.3 is 0 Å². The highest BCUT2D eigenvalue weighted by Crippen LogP contribution is 2.24. The van der Waals surface area contributed by atoms with E-state index in [0.717, 1.165) is 18.7 Å². The van der Waals surface area contributed by atoms with Crippen molar-refractivity contribution in [2.75, 3.05) is 26.2 Å². The number of halogens is 1. The number of amides is 1. The van der Waals surface area contributed by atoms with Crippen molar-refractivity contribution < 1.29 is 14.3 Å². The van der Waals surface area contributed by atoms with Crippen molar-refractivity contribution in [3.63, 3.8) is 0 Å². The number of carbonyl (C=O) groups is 1. The summed E-state index contributed by atoms with van der Waals surface area (Å²) in [7, 11) is 0. The highest BCUT2D eigenvalue weighted by Gasteiger charge is 2.24. The van der Waals surface area contributed by atoms with Gasteiger partial charge in [-0.2, -0.15) is 0 Å². The van der Waals surface area contributed by atoms with E-state index in [1.165, 1.54) is 6.92 Å². The lowest BCUT2D eigenvalue weighted by Crippen LogP contribution is -2.50. The molecule has 1 aliphatic rings. The van der Waals surface area contributed by atoms with E-state index in [9.17, 15) is 9.90 Å². The summed E-state index contributed by atoms with van der Waals surface area (Å²) in [6, 6.07) is 7.46. The lowest BCUT2D eigenvalue weighted by molar-refractivity contribution is -0.141. The molecular formula is C17H20ClN3O3. The first-order valence-electron chi connectivity index (χ1n) is 7.93. The zero-order valence-electron chi connectivity index (χ0n) is 13.5. The summed E-state index contributed by atoms with van der Waals surface area (Å²) in [4.78, 5) is 20.0. The molecule has 1 atom stereocenters. The van der Waals surface area contributed by atoms with Gasteiger partial charge in [0.15, 0.2) is 5.76 Å². The highest BCUT2D eigenvalue weighted by molar-refractivity contribution is 6.30. The average Bonchev–Trinajstić information content (AvgIpc) is 3.03. The number of benzene rings is 1. The molecule has 1 N–H and O–H groups in total. The second kappa shape index (κ2) is 7.34. The van der Waals surface area contributed by atoms with Gasteiger partial charge in [-0.15, -0.1) is 0 Å². The van der Waals surface area contributed by atoms with E-state index >= 15 is 0 Å². The van der Waals surface area contributed by atoms with Gasteiger partial charge in [-0.25, -0.2) is 4.98 Å². The smallest absolute Gasteiger partial charge is 0.251 e. The Bertz CT molecular complexity index is 709. The third-order valence-electron chi connectivity index (χ3n) is 4.06. The minimum absolute atomic E-state index is 0.214. The minimum atomic E-state index is -0.941. The van der Waals surface area contributed by atoms with Crippen LogP contribution in [0.3, 0.4) is 0 Å². The van der Waals surface area contributed by atoms with E-state index in [2.05, 4.69) is 9.88 Å². The Kier molecular flexibility index (Phi) is 5.18. The van der Waals surface area contributed by atoms with Crippen LogP contribution in [0.2, 0.25) is 5.02 Å². The number of aliphatic hydroxyl groups excluding tert-OH is 1. The summed E-state index contributed by atoms with van der Waals surface area (Å²) in [6.45, 7) is 4.76. The van der Waals surface area contributed by atoms with Gasteiger partial charge in [-0.05, 0) is 19.1 Å². The fourth-order valence-electron chi connectivity index (χ4n) is 2.74. The van der Waals surface area contributed by atoms with E-state index in [1.54, 1.807) is 11.1 Å². The third-order valence-corrected chi connectivity index (χ3v) is 4.30. The van der Waals surface area contributed by atoms with Crippen LogP contribution in [0.4, 0.5) is 0 Å². The lowest BCUT2D eigenvalue weighted by atomic mass is 10.2. The molecule has 1 aromatic carbocycles. The summed E-state index contributed by atoms with van der Waals surface area (Å²) < 4.78 is 5.81. The third kappa shape index (κ3) is 3.95. The summed E-state index contributed by atoms with van der Waals surface area (Å²) in [5, 5.41) is 10.0. The minimum Gasteiger partial charge on any atom is -0.439 e. The standard InChI is InChI=1S/C17H20ClN3O3/c1-12(22)17(23)21-7-5-20(6-8-21)11-16-19-10-15(24-16)13-3-2-4-14(18)9-13/h2-4,9-10,12,22H,5-8,11H2,1H3. The Labute approximate surface area is 145 Å². The molecule has 7 heteroatoms. The molecule has 6 nitrogen and oxygen atoms in total. The maximum atomic E-state index is 11.8. The maximum Gasteiger partial charge on any atom is 0.251 e. The van der Waals surface area contributed by atoms with E-state index in [4.69, 9.17) is 16.0 Å². The second-order valence-electron chi connectivity index (χ2n) is 5.91. The monoisotopic (exact) mass is 349 g/mol. The molecule has 1 unspecified atom stereocenters.